The summed E-state index contributed by atoms with van der Waals surface area (Å²) in [6.07, 6.45) is 2.48. The lowest BCUT2D eigenvalue weighted by Gasteiger charge is -2.21. The quantitative estimate of drug-likeness (QED) is 0.724. The molecule has 26 heavy (non-hydrogen) atoms. The monoisotopic (exact) mass is 378 g/mol. The number of carbonyl (C=O) groups is 1. The van der Waals surface area contributed by atoms with E-state index in [2.05, 4.69) is 25.5 Å². The average molecular weight is 379 g/mol. The van der Waals surface area contributed by atoms with E-state index in [1.165, 1.54) is 6.20 Å². The van der Waals surface area contributed by atoms with Gasteiger partial charge < -0.3 is 26.0 Å². The number of anilines is 3. The molecule has 0 radical (unpaired) electrons. The molecule has 2 heterocycles. The fraction of sp³-hybridized carbons (Fsp3) is 0.353. The van der Waals surface area contributed by atoms with Crippen LogP contribution in [-0.2, 0) is 0 Å². The Bertz CT molecular complexity index is 750. The van der Waals surface area contributed by atoms with E-state index in [0.29, 0.717) is 23.2 Å². The highest BCUT2D eigenvalue weighted by Gasteiger charge is 2.18. The third-order valence-electron chi connectivity index (χ3n) is 4.02. The van der Waals surface area contributed by atoms with E-state index in [4.69, 9.17) is 10.5 Å². The number of hydrogen-bond acceptors (Lipinski definition) is 7. The number of primary amides is 1. The molecule has 0 saturated carbocycles. The van der Waals surface area contributed by atoms with Crippen molar-refractivity contribution in [1.82, 2.24) is 15.3 Å². The molecule has 3 rings (SSSR count). The highest BCUT2D eigenvalue weighted by atomic mass is 35.5. The van der Waals surface area contributed by atoms with Gasteiger partial charge in [-0.1, -0.05) is 12.1 Å². The summed E-state index contributed by atoms with van der Waals surface area (Å²) in [5.74, 6) is 1.02. The molecular formula is C17H23ClN6O2. The van der Waals surface area contributed by atoms with Gasteiger partial charge in [-0.2, -0.15) is 4.98 Å². The number of aromatic nitrogens is 2. The van der Waals surface area contributed by atoms with E-state index in [1.807, 2.05) is 24.3 Å². The van der Waals surface area contributed by atoms with Crippen molar-refractivity contribution in [3.05, 3.63) is 36.0 Å². The van der Waals surface area contributed by atoms with Crippen LogP contribution in [0.1, 0.15) is 16.8 Å². The first kappa shape index (κ1) is 19.7. The summed E-state index contributed by atoms with van der Waals surface area (Å²) in [6.45, 7) is 3.51. The summed E-state index contributed by atoms with van der Waals surface area (Å²) in [6, 6.07) is 7.42. The minimum Gasteiger partial charge on any atom is -0.495 e. The Labute approximate surface area is 158 Å². The number of nitrogens with zero attached hydrogens (tertiary/aromatic N) is 3. The number of para-hydroxylation sites is 2. The molecule has 0 unspecified atom stereocenters. The van der Waals surface area contributed by atoms with Crippen LogP contribution in [0.25, 0.3) is 0 Å². The summed E-state index contributed by atoms with van der Waals surface area (Å²) in [5, 5.41) is 6.49. The molecule has 0 bridgehead atoms. The molecule has 1 aromatic carbocycles. The summed E-state index contributed by atoms with van der Waals surface area (Å²) in [4.78, 5) is 22.7. The minimum atomic E-state index is -0.582. The topological polar surface area (TPSA) is 105 Å². The van der Waals surface area contributed by atoms with E-state index in [1.54, 1.807) is 7.11 Å². The smallest absolute Gasteiger partial charge is 0.254 e. The number of methoxy groups -OCH3 is 1. The highest BCUT2D eigenvalue weighted by Crippen LogP contribution is 2.28. The number of nitrogens with one attached hydrogen (secondary N) is 2. The second-order valence-corrected chi connectivity index (χ2v) is 5.71. The van der Waals surface area contributed by atoms with Crippen molar-refractivity contribution in [1.29, 1.82) is 0 Å². The van der Waals surface area contributed by atoms with Crippen molar-refractivity contribution in [3.63, 3.8) is 0 Å². The first-order valence-electron chi connectivity index (χ1n) is 8.21. The normalized spacial score (nSPS) is 14.1. The van der Waals surface area contributed by atoms with Crippen LogP contribution in [0, 0.1) is 0 Å². The largest absolute Gasteiger partial charge is 0.495 e. The van der Waals surface area contributed by atoms with Gasteiger partial charge in [0, 0.05) is 25.8 Å². The number of halogens is 1. The molecule has 8 nitrogen and oxygen atoms in total. The fourth-order valence-corrected chi connectivity index (χ4v) is 2.72. The van der Waals surface area contributed by atoms with Crippen molar-refractivity contribution in [3.8, 4) is 5.75 Å². The molecule has 9 heteroatoms. The Hall–Kier alpha value is -2.58. The number of ether oxygens (including phenoxy) is 1. The number of carbonyl (C=O) groups excluding carboxylic acids is 1. The molecule has 0 aliphatic carbocycles. The minimum absolute atomic E-state index is 0. The van der Waals surface area contributed by atoms with Crippen LogP contribution in [0.15, 0.2) is 30.5 Å². The van der Waals surface area contributed by atoms with E-state index >= 15 is 0 Å². The zero-order valence-corrected chi connectivity index (χ0v) is 15.4. The van der Waals surface area contributed by atoms with E-state index in [0.717, 1.165) is 32.6 Å². The predicted octanol–water partition coefficient (Wildman–Crippen LogP) is 1.55. The average Bonchev–Trinajstić information content (AvgIpc) is 2.91. The summed E-state index contributed by atoms with van der Waals surface area (Å²) < 4.78 is 5.34. The van der Waals surface area contributed by atoms with Gasteiger partial charge in [-0.15, -0.1) is 12.4 Å². The second-order valence-electron chi connectivity index (χ2n) is 5.71. The maximum absolute atomic E-state index is 11.8. The van der Waals surface area contributed by atoms with Gasteiger partial charge in [-0.3, -0.25) is 4.79 Å². The van der Waals surface area contributed by atoms with Gasteiger partial charge in [-0.05, 0) is 25.1 Å². The standard InChI is InChI=1S/C17H22N6O2.ClH/c1-25-14-6-3-2-5-13(14)21-16-12(15(18)24)11-20-17(22-16)23-9-4-7-19-8-10-23;/h2-3,5-6,11,19H,4,7-10H2,1H3,(H2,18,24)(H,20,21,22);1H. The fourth-order valence-electron chi connectivity index (χ4n) is 2.72. The number of hydrogen-bond donors (Lipinski definition) is 3. The van der Waals surface area contributed by atoms with Crippen molar-refractivity contribution >= 4 is 35.8 Å². The molecule has 2 aromatic rings. The lowest BCUT2D eigenvalue weighted by molar-refractivity contribution is 0.100. The maximum atomic E-state index is 11.8. The predicted molar refractivity (Wildman–Crippen MR) is 104 cm³/mol. The molecule has 1 saturated heterocycles. The number of benzene rings is 1. The van der Waals surface area contributed by atoms with Crippen LogP contribution >= 0.6 is 12.4 Å². The third-order valence-corrected chi connectivity index (χ3v) is 4.02. The molecule has 0 spiro atoms. The number of nitrogens with two attached hydrogens (primary N) is 1. The van der Waals surface area contributed by atoms with Crippen molar-refractivity contribution in [2.45, 2.75) is 6.42 Å². The van der Waals surface area contributed by atoms with Crippen molar-refractivity contribution < 1.29 is 9.53 Å². The Morgan fingerprint density at radius 3 is 2.88 bits per heavy atom. The lowest BCUT2D eigenvalue weighted by Crippen LogP contribution is -2.30. The Kier molecular flexibility index (Phi) is 6.99. The van der Waals surface area contributed by atoms with Gasteiger partial charge in [0.25, 0.3) is 5.91 Å². The van der Waals surface area contributed by atoms with E-state index in [9.17, 15) is 4.79 Å². The zero-order valence-electron chi connectivity index (χ0n) is 14.6. The van der Waals surface area contributed by atoms with Gasteiger partial charge in [0.1, 0.15) is 17.1 Å². The molecule has 0 atom stereocenters. The Morgan fingerprint density at radius 2 is 2.12 bits per heavy atom. The molecule has 4 N–H and O–H groups in total. The van der Waals surface area contributed by atoms with Crippen LogP contribution < -0.4 is 26.0 Å². The Morgan fingerprint density at radius 1 is 1.31 bits per heavy atom. The highest BCUT2D eigenvalue weighted by molar-refractivity contribution is 5.98. The van der Waals surface area contributed by atoms with Gasteiger partial charge in [0.2, 0.25) is 5.95 Å². The molecule has 140 valence electrons. The van der Waals surface area contributed by atoms with Gasteiger partial charge in [0.15, 0.2) is 0 Å². The molecule has 1 aliphatic rings. The van der Waals surface area contributed by atoms with Gasteiger partial charge in [0.05, 0.1) is 12.8 Å². The van der Waals surface area contributed by atoms with E-state index < -0.39 is 5.91 Å². The first-order valence-corrected chi connectivity index (χ1v) is 8.21. The van der Waals surface area contributed by atoms with Crippen LogP contribution in [0.5, 0.6) is 5.75 Å². The van der Waals surface area contributed by atoms with Crippen LogP contribution in [0.4, 0.5) is 17.5 Å². The summed E-state index contributed by atoms with van der Waals surface area (Å²) in [7, 11) is 1.59. The van der Waals surface area contributed by atoms with Crippen LogP contribution in [0.3, 0.4) is 0 Å². The maximum Gasteiger partial charge on any atom is 0.254 e. The summed E-state index contributed by atoms with van der Waals surface area (Å²) in [5.41, 5.74) is 6.42. The van der Waals surface area contributed by atoms with Crippen LogP contribution in [-0.4, -0.2) is 49.2 Å². The molecule has 1 aliphatic heterocycles. The number of rotatable bonds is 5. The summed E-state index contributed by atoms with van der Waals surface area (Å²) >= 11 is 0. The third kappa shape index (κ3) is 4.53. The van der Waals surface area contributed by atoms with Gasteiger partial charge in [-0.25, -0.2) is 4.98 Å². The Balaban J connectivity index is 0.00000243. The van der Waals surface area contributed by atoms with E-state index in [-0.39, 0.29) is 18.0 Å². The zero-order chi connectivity index (χ0) is 17.6. The molecule has 1 amide bonds. The van der Waals surface area contributed by atoms with Crippen molar-refractivity contribution in [2.24, 2.45) is 5.73 Å². The van der Waals surface area contributed by atoms with Crippen LogP contribution in [0.2, 0.25) is 0 Å². The molecule has 1 aromatic heterocycles. The van der Waals surface area contributed by atoms with Gasteiger partial charge >= 0.3 is 0 Å². The molecule has 1 fully saturated rings. The second kappa shape index (κ2) is 9.21. The molecular weight excluding hydrogens is 356 g/mol. The number of amides is 1. The first-order chi connectivity index (χ1) is 12.2. The SMILES string of the molecule is COc1ccccc1Nc1nc(N2CCCNCC2)ncc1C(N)=O.Cl. The lowest BCUT2D eigenvalue weighted by atomic mass is 10.2. The van der Waals surface area contributed by atoms with Crippen molar-refractivity contribution in [2.75, 3.05) is 43.5 Å².